The van der Waals surface area contributed by atoms with Gasteiger partial charge in [0.05, 0.1) is 12.0 Å². The Kier molecular flexibility index (Phi) is 2.93. The van der Waals surface area contributed by atoms with Gasteiger partial charge < -0.3 is 5.32 Å². The van der Waals surface area contributed by atoms with Crippen molar-refractivity contribution in [3.05, 3.63) is 33.8 Å². The molecule has 106 valence electrons. The van der Waals surface area contributed by atoms with Gasteiger partial charge in [-0.2, -0.15) is 0 Å². The van der Waals surface area contributed by atoms with Crippen molar-refractivity contribution in [2.45, 2.75) is 39.2 Å². The van der Waals surface area contributed by atoms with E-state index in [-0.39, 0.29) is 11.3 Å². The number of rotatable bonds is 4. The Morgan fingerprint density at radius 3 is 2.75 bits per heavy atom. The molecule has 0 spiro atoms. The summed E-state index contributed by atoms with van der Waals surface area (Å²) in [7, 11) is 0. The molecule has 1 amide bonds. The van der Waals surface area contributed by atoms with Crippen molar-refractivity contribution >= 4 is 17.2 Å². The van der Waals surface area contributed by atoms with Crippen LogP contribution in [-0.4, -0.2) is 16.2 Å². The summed E-state index contributed by atoms with van der Waals surface area (Å²) in [6, 6.07) is 4.04. The summed E-state index contributed by atoms with van der Waals surface area (Å²) < 4.78 is 4.64. The number of carbonyl (C=O) groups excluding carboxylic acids is 1. The van der Waals surface area contributed by atoms with Crippen molar-refractivity contribution < 1.29 is 9.42 Å². The third kappa shape index (κ3) is 1.86. The third-order valence-electron chi connectivity index (χ3n) is 4.23. The van der Waals surface area contributed by atoms with E-state index in [1.54, 1.807) is 11.3 Å². The lowest BCUT2D eigenvalue weighted by Crippen LogP contribution is -2.37. The van der Waals surface area contributed by atoms with Crippen LogP contribution in [0, 0.1) is 12.3 Å². The minimum atomic E-state index is -0.397. The largest absolute Gasteiger partial charge is 0.349 e. The normalized spacial score (nSPS) is 23.6. The van der Waals surface area contributed by atoms with E-state index >= 15 is 0 Å². The molecule has 5 nitrogen and oxygen atoms in total. The van der Waals surface area contributed by atoms with Crippen LogP contribution in [0.15, 0.2) is 22.1 Å². The van der Waals surface area contributed by atoms with Crippen molar-refractivity contribution in [3.8, 4) is 0 Å². The number of amides is 1. The fraction of sp³-hybridized carbons (Fsp3) is 0.500. The van der Waals surface area contributed by atoms with Crippen LogP contribution in [0.3, 0.4) is 0 Å². The van der Waals surface area contributed by atoms with Gasteiger partial charge >= 0.3 is 0 Å². The van der Waals surface area contributed by atoms with Gasteiger partial charge in [0.1, 0.15) is 11.4 Å². The van der Waals surface area contributed by atoms with Gasteiger partial charge in [-0.1, -0.05) is 30.2 Å². The van der Waals surface area contributed by atoms with E-state index in [0.717, 1.165) is 11.3 Å². The van der Waals surface area contributed by atoms with Gasteiger partial charge in [0.25, 0.3) is 0 Å². The van der Waals surface area contributed by atoms with E-state index in [4.69, 9.17) is 0 Å². The standard InChI is InChI=1S/C14H17N3O2S/c1-9-10(17-19-16-9)7-15-12(18)14(8-13(14,2)3)11-5-4-6-20-11/h4-6H,7-8H2,1-3H3,(H,15,18). The Morgan fingerprint density at radius 1 is 1.50 bits per heavy atom. The molecule has 1 fully saturated rings. The summed E-state index contributed by atoms with van der Waals surface area (Å²) in [6.07, 6.45) is 0.877. The fourth-order valence-corrected chi connectivity index (χ4v) is 3.89. The van der Waals surface area contributed by atoms with Crippen molar-refractivity contribution in [1.29, 1.82) is 0 Å². The molecule has 6 heteroatoms. The molecular formula is C14H17N3O2S. The van der Waals surface area contributed by atoms with Gasteiger partial charge in [0.2, 0.25) is 5.91 Å². The van der Waals surface area contributed by atoms with Crippen LogP contribution in [0.1, 0.15) is 36.5 Å². The molecule has 2 aromatic rings. The molecule has 0 saturated heterocycles. The van der Waals surface area contributed by atoms with Gasteiger partial charge in [0.15, 0.2) is 0 Å². The minimum Gasteiger partial charge on any atom is -0.349 e. The molecule has 3 rings (SSSR count). The predicted molar refractivity (Wildman–Crippen MR) is 75.3 cm³/mol. The summed E-state index contributed by atoms with van der Waals surface area (Å²) in [4.78, 5) is 13.8. The first-order chi connectivity index (χ1) is 9.47. The highest BCUT2D eigenvalue weighted by Gasteiger charge is 2.67. The van der Waals surface area contributed by atoms with E-state index in [1.165, 1.54) is 0 Å². The van der Waals surface area contributed by atoms with Gasteiger partial charge in [-0.15, -0.1) is 11.3 Å². The highest BCUT2D eigenvalue weighted by atomic mass is 32.1. The number of nitrogens with zero attached hydrogens (tertiary/aromatic N) is 2. The second-order valence-electron chi connectivity index (χ2n) is 5.92. The fourth-order valence-electron chi connectivity index (χ4n) is 2.79. The second-order valence-corrected chi connectivity index (χ2v) is 6.87. The maximum absolute atomic E-state index is 12.7. The minimum absolute atomic E-state index is 0.000936. The molecule has 2 heterocycles. The highest BCUT2D eigenvalue weighted by molar-refractivity contribution is 7.10. The maximum Gasteiger partial charge on any atom is 0.232 e. The smallest absolute Gasteiger partial charge is 0.232 e. The van der Waals surface area contributed by atoms with Crippen LogP contribution < -0.4 is 5.32 Å². The SMILES string of the molecule is Cc1nonc1CNC(=O)C1(c2cccs2)CC1(C)C. The summed E-state index contributed by atoms with van der Waals surface area (Å²) in [5, 5.41) is 12.5. The molecule has 1 aliphatic rings. The quantitative estimate of drug-likeness (QED) is 0.939. The van der Waals surface area contributed by atoms with E-state index in [9.17, 15) is 4.79 Å². The lowest BCUT2D eigenvalue weighted by Gasteiger charge is -2.18. The summed E-state index contributed by atoms with van der Waals surface area (Å²) in [5.74, 6) is 0.0624. The lowest BCUT2D eigenvalue weighted by atomic mass is 9.93. The number of aromatic nitrogens is 2. The number of hydrogen-bond donors (Lipinski definition) is 1. The van der Waals surface area contributed by atoms with Crippen LogP contribution >= 0.6 is 11.3 Å². The third-order valence-corrected chi connectivity index (χ3v) is 5.26. The zero-order valence-electron chi connectivity index (χ0n) is 11.8. The van der Waals surface area contributed by atoms with E-state index < -0.39 is 5.41 Å². The predicted octanol–water partition coefficient (Wildman–Crippen LogP) is 2.42. The topological polar surface area (TPSA) is 68.0 Å². The molecule has 1 N–H and O–H groups in total. The van der Waals surface area contributed by atoms with Crippen LogP contribution in [0.25, 0.3) is 0 Å². The first-order valence-electron chi connectivity index (χ1n) is 6.58. The number of carbonyl (C=O) groups is 1. The Hall–Kier alpha value is -1.69. The van der Waals surface area contributed by atoms with Crippen molar-refractivity contribution in [2.75, 3.05) is 0 Å². The van der Waals surface area contributed by atoms with E-state index in [2.05, 4.69) is 34.1 Å². The van der Waals surface area contributed by atoms with Gasteiger partial charge in [0, 0.05) is 4.88 Å². The second kappa shape index (κ2) is 4.41. The zero-order chi connectivity index (χ0) is 14.4. The molecule has 1 atom stereocenters. The number of aryl methyl sites for hydroxylation is 1. The van der Waals surface area contributed by atoms with Crippen molar-refractivity contribution in [2.24, 2.45) is 5.41 Å². The summed E-state index contributed by atoms with van der Waals surface area (Å²) in [6.45, 7) is 6.44. The van der Waals surface area contributed by atoms with Gasteiger partial charge in [-0.05, 0) is 30.2 Å². The lowest BCUT2D eigenvalue weighted by molar-refractivity contribution is -0.124. The van der Waals surface area contributed by atoms with Gasteiger partial charge in [-0.3, -0.25) is 4.79 Å². The van der Waals surface area contributed by atoms with E-state index in [1.807, 2.05) is 24.4 Å². The van der Waals surface area contributed by atoms with Crippen molar-refractivity contribution in [3.63, 3.8) is 0 Å². The average Bonchev–Trinajstić information content (AvgIpc) is 2.86. The molecule has 2 aromatic heterocycles. The Morgan fingerprint density at radius 2 is 2.25 bits per heavy atom. The summed E-state index contributed by atoms with van der Waals surface area (Å²) in [5.41, 5.74) is 0.995. The molecule has 0 bridgehead atoms. The Bertz CT molecular complexity index is 633. The monoisotopic (exact) mass is 291 g/mol. The molecule has 1 aliphatic carbocycles. The highest BCUT2D eigenvalue weighted by Crippen LogP contribution is 2.65. The molecule has 0 radical (unpaired) electrons. The summed E-state index contributed by atoms with van der Waals surface area (Å²) >= 11 is 1.64. The number of nitrogens with one attached hydrogen (secondary N) is 1. The molecule has 1 saturated carbocycles. The molecule has 1 unspecified atom stereocenters. The Balaban J connectivity index is 1.77. The molecule has 20 heavy (non-hydrogen) atoms. The zero-order valence-corrected chi connectivity index (χ0v) is 12.6. The average molecular weight is 291 g/mol. The van der Waals surface area contributed by atoms with Crippen LogP contribution in [0.4, 0.5) is 0 Å². The van der Waals surface area contributed by atoms with Crippen LogP contribution in [0.5, 0.6) is 0 Å². The Labute approximate surface area is 121 Å². The first kappa shape index (κ1) is 13.3. The maximum atomic E-state index is 12.7. The first-order valence-corrected chi connectivity index (χ1v) is 7.46. The van der Waals surface area contributed by atoms with Gasteiger partial charge in [-0.25, -0.2) is 4.63 Å². The van der Waals surface area contributed by atoms with Crippen LogP contribution in [0.2, 0.25) is 0 Å². The van der Waals surface area contributed by atoms with Crippen LogP contribution in [-0.2, 0) is 16.8 Å². The van der Waals surface area contributed by atoms with Crippen molar-refractivity contribution in [1.82, 2.24) is 15.6 Å². The molecule has 0 aromatic carbocycles. The molecular weight excluding hydrogens is 274 g/mol. The number of hydrogen-bond acceptors (Lipinski definition) is 5. The number of thiophene rings is 1. The molecule has 0 aliphatic heterocycles. The van der Waals surface area contributed by atoms with E-state index in [0.29, 0.717) is 17.9 Å².